The van der Waals surface area contributed by atoms with E-state index in [2.05, 4.69) is 26.8 Å². The number of carbonyl (C=O) groups is 1. The van der Waals surface area contributed by atoms with Crippen LogP contribution in [0.2, 0.25) is 0 Å². The summed E-state index contributed by atoms with van der Waals surface area (Å²) in [7, 11) is 0. The van der Waals surface area contributed by atoms with E-state index in [9.17, 15) is 4.79 Å². The molecule has 2 nitrogen and oxygen atoms in total. The number of carbonyl (C=O) groups excluding carboxylic acids is 1. The van der Waals surface area contributed by atoms with Gasteiger partial charge in [0.25, 0.3) is 0 Å². The number of hydrogen-bond acceptors (Lipinski definition) is 2. The minimum Gasteiger partial charge on any atom is -0.462 e. The van der Waals surface area contributed by atoms with Gasteiger partial charge in [-0.3, -0.25) is 0 Å². The van der Waals surface area contributed by atoms with Crippen molar-refractivity contribution >= 4 is 5.97 Å². The Morgan fingerprint density at radius 1 is 1.35 bits per heavy atom. The lowest BCUT2D eigenvalue weighted by Gasteiger charge is -2.56. The fraction of sp³-hybridized carbons (Fsp3) is 0.800. The van der Waals surface area contributed by atoms with Gasteiger partial charge in [0.1, 0.15) is 0 Å². The zero-order valence-corrected chi connectivity index (χ0v) is 11.0. The van der Waals surface area contributed by atoms with Crippen molar-refractivity contribution in [3.05, 3.63) is 11.6 Å². The number of ether oxygens (including phenoxy) is 1. The van der Waals surface area contributed by atoms with Crippen LogP contribution < -0.4 is 0 Å². The van der Waals surface area contributed by atoms with E-state index in [0.29, 0.717) is 17.9 Å². The lowest BCUT2D eigenvalue weighted by molar-refractivity contribution is -0.135. The highest BCUT2D eigenvalue weighted by Crippen LogP contribution is 2.65. The Kier molecular flexibility index (Phi) is 2.39. The second-order valence-electron chi connectivity index (χ2n) is 6.66. The lowest BCUT2D eigenvalue weighted by atomic mass is 9.48. The van der Waals surface area contributed by atoms with Crippen LogP contribution in [0.15, 0.2) is 11.6 Å². The summed E-state index contributed by atoms with van der Waals surface area (Å²) in [6.45, 7) is 7.70. The first kappa shape index (κ1) is 11.3. The minimum absolute atomic E-state index is 0.0742. The van der Waals surface area contributed by atoms with E-state index >= 15 is 0 Å². The molecule has 17 heavy (non-hydrogen) atoms. The number of cyclic esters (lactones) is 1. The van der Waals surface area contributed by atoms with Crippen molar-refractivity contribution in [2.24, 2.45) is 29.1 Å². The molecule has 3 aliphatic rings. The molecule has 0 aromatic carbocycles. The van der Waals surface area contributed by atoms with Crippen molar-refractivity contribution < 1.29 is 9.53 Å². The van der Waals surface area contributed by atoms with Crippen LogP contribution in [0.25, 0.3) is 0 Å². The van der Waals surface area contributed by atoms with Crippen molar-refractivity contribution in [2.75, 3.05) is 6.61 Å². The molecule has 0 bridgehead atoms. The molecule has 2 saturated carbocycles. The third-order valence-corrected chi connectivity index (χ3v) is 5.53. The zero-order valence-electron chi connectivity index (χ0n) is 11.0. The first-order chi connectivity index (χ1) is 8.01. The molecule has 1 aliphatic heterocycles. The van der Waals surface area contributed by atoms with Gasteiger partial charge in [0.2, 0.25) is 0 Å². The van der Waals surface area contributed by atoms with E-state index in [0.717, 1.165) is 29.7 Å². The van der Waals surface area contributed by atoms with Crippen LogP contribution in [0.3, 0.4) is 0 Å². The van der Waals surface area contributed by atoms with E-state index in [1.54, 1.807) is 0 Å². The predicted molar refractivity (Wildman–Crippen MR) is 66.3 cm³/mol. The van der Waals surface area contributed by atoms with Crippen LogP contribution in [0, 0.1) is 29.1 Å². The molecule has 2 aliphatic carbocycles. The Hall–Kier alpha value is -0.790. The van der Waals surface area contributed by atoms with Gasteiger partial charge < -0.3 is 4.74 Å². The molecule has 0 amide bonds. The Bertz CT molecular complexity index is 380. The van der Waals surface area contributed by atoms with Gasteiger partial charge in [-0.2, -0.15) is 0 Å². The van der Waals surface area contributed by atoms with Crippen LogP contribution in [-0.4, -0.2) is 12.6 Å². The molecule has 0 N–H and O–H groups in total. The molecule has 0 radical (unpaired) electrons. The summed E-state index contributed by atoms with van der Waals surface area (Å²) in [5, 5.41) is 0. The highest BCUT2D eigenvalue weighted by molar-refractivity contribution is 5.90. The molecule has 1 saturated heterocycles. The third-order valence-electron chi connectivity index (χ3n) is 5.53. The van der Waals surface area contributed by atoms with Crippen molar-refractivity contribution in [3.8, 4) is 0 Å². The van der Waals surface area contributed by atoms with Crippen molar-refractivity contribution in [1.29, 1.82) is 0 Å². The molecule has 94 valence electrons. The number of allylic oxidation sites excluding steroid dienone is 1. The Morgan fingerprint density at radius 3 is 2.76 bits per heavy atom. The predicted octanol–water partition coefficient (Wildman–Crippen LogP) is 3.18. The first-order valence-corrected chi connectivity index (χ1v) is 6.89. The topological polar surface area (TPSA) is 26.3 Å². The van der Waals surface area contributed by atoms with Crippen LogP contribution >= 0.6 is 0 Å². The van der Waals surface area contributed by atoms with Gasteiger partial charge in [0, 0.05) is 12.0 Å². The van der Waals surface area contributed by atoms with Crippen LogP contribution in [0.1, 0.15) is 40.0 Å². The van der Waals surface area contributed by atoms with Gasteiger partial charge in [-0.25, -0.2) is 4.79 Å². The van der Waals surface area contributed by atoms with Crippen molar-refractivity contribution in [2.45, 2.75) is 40.0 Å². The Morgan fingerprint density at radius 2 is 2.12 bits per heavy atom. The molecule has 0 aromatic heterocycles. The number of rotatable bonds is 1. The maximum atomic E-state index is 11.5. The Labute approximate surface area is 103 Å². The van der Waals surface area contributed by atoms with Crippen molar-refractivity contribution in [3.63, 3.8) is 0 Å². The number of hydrogen-bond donors (Lipinski definition) is 0. The van der Waals surface area contributed by atoms with E-state index in [1.807, 2.05) is 0 Å². The largest absolute Gasteiger partial charge is 0.462 e. The second kappa shape index (κ2) is 3.60. The zero-order chi connectivity index (χ0) is 12.2. The van der Waals surface area contributed by atoms with Gasteiger partial charge in [0.05, 0.1) is 6.61 Å². The fourth-order valence-electron chi connectivity index (χ4n) is 4.46. The summed E-state index contributed by atoms with van der Waals surface area (Å²) in [6.07, 6.45) is 5.81. The summed E-state index contributed by atoms with van der Waals surface area (Å²) in [4.78, 5) is 11.5. The average Bonchev–Trinajstić information content (AvgIpc) is 2.81. The van der Waals surface area contributed by atoms with Gasteiger partial charge in [-0.05, 0) is 35.5 Å². The smallest absolute Gasteiger partial charge is 0.333 e. The molecular formula is C15H22O2. The molecule has 3 rings (SSSR count). The monoisotopic (exact) mass is 234 g/mol. The maximum Gasteiger partial charge on any atom is 0.333 e. The maximum absolute atomic E-state index is 11.5. The third kappa shape index (κ3) is 1.49. The SMILES string of the molecule is C[C@@H]1CC[C@H]2[C@@H]1[C@H](/C=C1/CCOC1=O)C2(C)C. The first-order valence-electron chi connectivity index (χ1n) is 6.89. The van der Waals surface area contributed by atoms with Crippen LogP contribution in [0.4, 0.5) is 0 Å². The van der Waals surface area contributed by atoms with Crippen LogP contribution in [0.5, 0.6) is 0 Å². The minimum atomic E-state index is -0.0742. The van der Waals surface area contributed by atoms with Crippen molar-refractivity contribution in [1.82, 2.24) is 0 Å². The Balaban J connectivity index is 1.85. The van der Waals surface area contributed by atoms with E-state index in [-0.39, 0.29) is 5.97 Å². The summed E-state index contributed by atoms with van der Waals surface area (Å²) < 4.78 is 5.03. The quantitative estimate of drug-likeness (QED) is 0.514. The molecule has 2 heteroatoms. The number of fused-ring (bicyclic) bond motifs is 1. The lowest BCUT2D eigenvalue weighted by Crippen LogP contribution is -2.51. The van der Waals surface area contributed by atoms with E-state index in [4.69, 9.17) is 4.74 Å². The highest BCUT2D eigenvalue weighted by Gasteiger charge is 2.59. The standard InChI is InChI=1S/C15H22O2/c1-9-4-5-11-13(9)12(15(11,2)3)8-10-6-7-17-14(10)16/h8-9,11-13H,4-7H2,1-3H3/b10-8-/t9-,11+,12+,13-/m1/s1. The van der Waals surface area contributed by atoms with E-state index < -0.39 is 0 Å². The molecule has 0 aromatic rings. The summed E-state index contributed by atoms with van der Waals surface area (Å²) in [5.74, 6) is 3.02. The highest BCUT2D eigenvalue weighted by atomic mass is 16.5. The molecule has 0 spiro atoms. The van der Waals surface area contributed by atoms with Gasteiger partial charge in [-0.1, -0.05) is 33.3 Å². The molecule has 1 heterocycles. The van der Waals surface area contributed by atoms with Crippen LogP contribution in [-0.2, 0) is 9.53 Å². The molecule has 0 unspecified atom stereocenters. The normalized spacial score (nSPS) is 45.6. The summed E-state index contributed by atoms with van der Waals surface area (Å²) in [6, 6.07) is 0. The van der Waals surface area contributed by atoms with Gasteiger partial charge in [0.15, 0.2) is 0 Å². The van der Waals surface area contributed by atoms with E-state index in [1.165, 1.54) is 12.8 Å². The van der Waals surface area contributed by atoms with Gasteiger partial charge >= 0.3 is 5.97 Å². The number of esters is 1. The average molecular weight is 234 g/mol. The molecule has 4 atom stereocenters. The fourth-order valence-corrected chi connectivity index (χ4v) is 4.46. The second-order valence-corrected chi connectivity index (χ2v) is 6.66. The van der Waals surface area contributed by atoms with Gasteiger partial charge in [-0.15, -0.1) is 0 Å². The molecular weight excluding hydrogens is 212 g/mol. The summed E-state index contributed by atoms with van der Waals surface area (Å²) >= 11 is 0. The summed E-state index contributed by atoms with van der Waals surface area (Å²) in [5.41, 5.74) is 1.31. The molecule has 3 fully saturated rings.